The van der Waals surface area contributed by atoms with E-state index in [1.807, 2.05) is 18.3 Å². The third-order valence-electron chi connectivity index (χ3n) is 2.23. The first-order chi connectivity index (χ1) is 7.86. The number of aromatic nitrogens is 2. The van der Waals surface area contributed by atoms with Crippen LogP contribution in [0.15, 0.2) is 40.4 Å². The van der Waals surface area contributed by atoms with Crippen LogP contribution in [0.3, 0.4) is 0 Å². The summed E-state index contributed by atoms with van der Waals surface area (Å²) in [5, 5.41) is 4.36. The first-order valence-electron chi connectivity index (χ1n) is 5.25. The van der Waals surface area contributed by atoms with Crippen LogP contribution in [0.2, 0.25) is 0 Å². The third-order valence-corrected chi connectivity index (χ3v) is 3.14. The van der Waals surface area contributed by atoms with E-state index in [1.54, 1.807) is 24.2 Å². The molecule has 16 heavy (non-hydrogen) atoms. The Kier molecular flexibility index (Phi) is 4.07. The van der Waals surface area contributed by atoms with E-state index in [1.165, 1.54) is 0 Å². The van der Waals surface area contributed by atoms with Gasteiger partial charge in [-0.15, -0.1) is 0 Å². The molecule has 0 aliphatic carbocycles. The molecular weight excluding hydrogens is 222 g/mol. The van der Waals surface area contributed by atoms with Crippen LogP contribution >= 0.6 is 11.8 Å². The van der Waals surface area contributed by atoms with Gasteiger partial charge in [0.15, 0.2) is 5.16 Å². The molecule has 0 radical (unpaired) electrons. The zero-order valence-corrected chi connectivity index (χ0v) is 9.96. The molecule has 86 valence electrons. The number of H-pyrrole nitrogens is 1. The maximum absolute atomic E-state index is 5.31. The fourth-order valence-corrected chi connectivity index (χ4v) is 2.09. The number of rotatable bonds is 6. The molecule has 0 saturated heterocycles. The van der Waals surface area contributed by atoms with E-state index in [4.69, 9.17) is 4.42 Å². The van der Waals surface area contributed by atoms with Gasteiger partial charge in [0.1, 0.15) is 5.76 Å². The minimum Gasteiger partial charge on any atom is -0.468 e. The molecule has 2 N–H and O–H groups in total. The van der Waals surface area contributed by atoms with Gasteiger partial charge in [-0.05, 0) is 19.1 Å². The van der Waals surface area contributed by atoms with Crippen molar-refractivity contribution >= 4 is 11.8 Å². The van der Waals surface area contributed by atoms with E-state index >= 15 is 0 Å². The summed E-state index contributed by atoms with van der Waals surface area (Å²) in [6.07, 6.45) is 5.30. The third kappa shape index (κ3) is 3.15. The van der Waals surface area contributed by atoms with Crippen molar-refractivity contribution in [2.45, 2.75) is 18.1 Å². The van der Waals surface area contributed by atoms with Crippen LogP contribution < -0.4 is 5.32 Å². The smallest absolute Gasteiger partial charge is 0.165 e. The predicted octanol–water partition coefficient (Wildman–Crippen LogP) is 2.45. The number of hydrogen-bond donors (Lipinski definition) is 2. The highest BCUT2D eigenvalue weighted by Gasteiger charge is 2.06. The van der Waals surface area contributed by atoms with Crippen LogP contribution in [-0.2, 0) is 0 Å². The molecule has 0 saturated carbocycles. The summed E-state index contributed by atoms with van der Waals surface area (Å²) in [5.41, 5.74) is 0. The van der Waals surface area contributed by atoms with E-state index in [0.29, 0.717) is 0 Å². The lowest BCUT2D eigenvalue weighted by atomic mass is 10.2. The summed E-state index contributed by atoms with van der Waals surface area (Å²) in [6, 6.07) is 4.15. The molecule has 4 nitrogen and oxygen atoms in total. The molecule has 0 amide bonds. The van der Waals surface area contributed by atoms with Crippen molar-refractivity contribution in [3.05, 3.63) is 36.5 Å². The molecule has 0 aromatic carbocycles. The van der Waals surface area contributed by atoms with Crippen LogP contribution in [0, 0.1) is 0 Å². The zero-order chi connectivity index (χ0) is 11.2. The first-order valence-corrected chi connectivity index (χ1v) is 6.24. The Labute approximate surface area is 98.8 Å². The van der Waals surface area contributed by atoms with Gasteiger partial charge >= 0.3 is 0 Å². The Bertz CT molecular complexity index is 385. The lowest BCUT2D eigenvalue weighted by Gasteiger charge is -2.10. The Balaban J connectivity index is 1.65. The van der Waals surface area contributed by atoms with Crippen LogP contribution in [0.1, 0.15) is 18.7 Å². The monoisotopic (exact) mass is 237 g/mol. The molecule has 2 aromatic rings. The molecule has 0 fully saturated rings. The highest BCUT2D eigenvalue weighted by Crippen LogP contribution is 2.13. The van der Waals surface area contributed by atoms with Crippen LogP contribution in [0.4, 0.5) is 0 Å². The number of hydrogen-bond acceptors (Lipinski definition) is 4. The molecule has 0 aliphatic rings. The maximum atomic E-state index is 5.31. The summed E-state index contributed by atoms with van der Waals surface area (Å²) >= 11 is 1.71. The van der Waals surface area contributed by atoms with Crippen molar-refractivity contribution < 1.29 is 4.42 Å². The SMILES string of the molecule is CC(NCCSc1ncc[nH]1)c1ccco1. The maximum Gasteiger partial charge on any atom is 0.165 e. The number of imidazole rings is 1. The van der Waals surface area contributed by atoms with Crippen molar-refractivity contribution in [3.63, 3.8) is 0 Å². The van der Waals surface area contributed by atoms with Gasteiger partial charge in [0.2, 0.25) is 0 Å². The second-order valence-corrected chi connectivity index (χ2v) is 4.52. The van der Waals surface area contributed by atoms with Gasteiger partial charge in [-0.2, -0.15) is 0 Å². The molecule has 0 spiro atoms. The summed E-state index contributed by atoms with van der Waals surface area (Å²) in [4.78, 5) is 7.20. The molecule has 2 aromatic heterocycles. The summed E-state index contributed by atoms with van der Waals surface area (Å²) in [5.74, 6) is 1.96. The molecule has 5 heteroatoms. The fourth-order valence-electron chi connectivity index (χ4n) is 1.39. The topological polar surface area (TPSA) is 53.9 Å². The van der Waals surface area contributed by atoms with Gasteiger partial charge in [0, 0.05) is 24.7 Å². The van der Waals surface area contributed by atoms with Crippen molar-refractivity contribution in [2.24, 2.45) is 0 Å². The van der Waals surface area contributed by atoms with Gasteiger partial charge in [-0.1, -0.05) is 11.8 Å². The van der Waals surface area contributed by atoms with Crippen LogP contribution in [0.25, 0.3) is 0 Å². The quantitative estimate of drug-likeness (QED) is 0.598. The average molecular weight is 237 g/mol. The molecule has 1 atom stereocenters. The zero-order valence-electron chi connectivity index (χ0n) is 9.14. The highest BCUT2D eigenvalue weighted by molar-refractivity contribution is 7.99. The second kappa shape index (κ2) is 5.77. The minimum absolute atomic E-state index is 0.257. The molecular formula is C11H15N3OS. The number of furan rings is 1. The molecule has 2 rings (SSSR count). The lowest BCUT2D eigenvalue weighted by molar-refractivity contribution is 0.438. The van der Waals surface area contributed by atoms with Crippen LogP contribution in [-0.4, -0.2) is 22.3 Å². The molecule has 2 heterocycles. The van der Waals surface area contributed by atoms with Crippen molar-refractivity contribution in [2.75, 3.05) is 12.3 Å². The van der Waals surface area contributed by atoms with E-state index < -0.39 is 0 Å². The van der Waals surface area contributed by atoms with Crippen molar-refractivity contribution in [1.29, 1.82) is 0 Å². The Morgan fingerprint density at radius 3 is 3.25 bits per heavy atom. The number of thioether (sulfide) groups is 1. The number of nitrogens with one attached hydrogen (secondary N) is 2. The Hall–Kier alpha value is -1.20. The predicted molar refractivity (Wildman–Crippen MR) is 64.4 cm³/mol. The summed E-state index contributed by atoms with van der Waals surface area (Å²) in [6.45, 7) is 3.02. The Morgan fingerprint density at radius 1 is 1.62 bits per heavy atom. The fraction of sp³-hybridized carbons (Fsp3) is 0.364. The van der Waals surface area contributed by atoms with E-state index in [0.717, 1.165) is 23.2 Å². The van der Waals surface area contributed by atoms with E-state index in [-0.39, 0.29) is 6.04 Å². The number of aromatic amines is 1. The number of nitrogens with zero attached hydrogens (tertiary/aromatic N) is 1. The standard InChI is InChI=1S/C11H15N3OS/c1-9(10-3-2-7-15-10)12-6-8-16-11-13-4-5-14-11/h2-5,7,9,12H,6,8H2,1H3,(H,13,14). The van der Waals surface area contributed by atoms with Crippen molar-refractivity contribution in [1.82, 2.24) is 15.3 Å². The molecule has 0 bridgehead atoms. The first kappa shape index (κ1) is 11.3. The second-order valence-electron chi connectivity index (χ2n) is 3.43. The van der Waals surface area contributed by atoms with Gasteiger partial charge in [-0.25, -0.2) is 4.98 Å². The normalized spacial score (nSPS) is 12.8. The molecule has 1 unspecified atom stereocenters. The Morgan fingerprint density at radius 2 is 2.56 bits per heavy atom. The van der Waals surface area contributed by atoms with Gasteiger partial charge in [0.25, 0.3) is 0 Å². The largest absolute Gasteiger partial charge is 0.468 e. The molecule has 0 aliphatic heterocycles. The van der Waals surface area contributed by atoms with Gasteiger partial charge in [-0.3, -0.25) is 0 Å². The van der Waals surface area contributed by atoms with Crippen molar-refractivity contribution in [3.8, 4) is 0 Å². The lowest BCUT2D eigenvalue weighted by Crippen LogP contribution is -2.20. The van der Waals surface area contributed by atoms with E-state index in [2.05, 4.69) is 22.2 Å². The average Bonchev–Trinajstić information content (AvgIpc) is 2.96. The van der Waals surface area contributed by atoms with Gasteiger partial charge < -0.3 is 14.7 Å². The van der Waals surface area contributed by atoms with Gasteiger partial charge in [0.05, 0.1) is 12.3 Å². The minimum atomic E-state index is 0.257. The summed E-state index contributed by atoms with van der Waals surface area (Å²) in [7, 11) is 0. The van der Waals surface area contributed by atoms with Crippen LogP contribution in [0.5, 0.6) is 0 Å². The summed E-state index contributed by atoms with van der Waals surface area (Å²) < 4.78 is 5.31. The van der Waals surface area contributed by atoms with E-state index in [9.17, 15) is 0 Å². The highest BCUT2D eigenvalue weighted by atomic mass is 32.2.